The van der Waals surface area contributed by atoms with Crippen molar-refractivity contribution in [3.63, 3.8) is 0 Å². The zero-order chi connectivity index (χ0) is 14.6. The van der Waals surface area contributed by atoms with Crippen molar-refractivity contribution >= 4 is 21.7 Å². The number of carbonyl (C=O) groups excluding carboxylic acids is 1. The van der Waals surface area contributed by atoms with Crippen molar-refractivity contribution in [3.8, 4) is 0 Å². The van der Waals surface area contributed by atoms with E-state index in [9.17, 15) is 13.2 Å². The summed E-state index contributed by atoms with van der Waals surface area (Å²) in [5, 5.41) is 3.15. The van der Waals surface area contributed by atoms with E-state index >= 15 is 0 Å². The predicted octanol–water partition coefficient (Wildman–Crippen LogP) is 1.36. The number of hydrogen-bond acceptors (Lipinski definition) is 4. The van der Waals surface area contributed by atoms with Gasteiger partial charge in [0, 0.05) is 31.7 Å². The Morgan fingerprint density at radius 2 is 1.95 bits per heavy atom. The third kappa shape index (κ3) is 3.94. The van der Waals surface area contributed by atoms with Crippen LogP contribution in [-0.2, 0) is 14.9 Å². The second-order valence-corrected chi connectivity index (χ2v) is 6.19. The Kier molecular flexibility index (Phi) is 4.61. The number of carbonyl (C=O) groups is 1. The summed E-state index contributed by atoms with van der Waals surface area (Å²) in [4.78, 5) is 13.1. The maximum Gasteiger partial charge on any atom is 0.294 e. The monoisotopic (exact) mass is 298 g/mol. The van der Waals surface area contributed by atoms with Crippen molar-refractivity contribution in [2.75, 3.05) is 25.0 Å². The van der Waals surface area contributed by atoms with Crippen LogP contribution in [0.15, 0.2) is 29.2 Å². The molecular weight excluding hydrogens is 280 g/mol. The maximum absolute atomic E-state index is 11.4. The van der Waals surface area contributed by atoms with Crippen LogP contribution in [0.2, 0.25) is 0 Å². The van der Waals surface area contributed by atoms with Crippen molar-refractivity contribution in [1.29, 1.82) is 0 Å². The highest BCUT2D eigenvalue weighted by molar-refractivity contribution is 7.85. The first kappa shape index (κ1) is 14.8. The molecule has 0 bridgehead atoms. The molecule has 2 rings (SSSR count). The third-order valence-corrected chi connectivity index (χ3v) is 4.13. The fourth-order valence-corrected chi connectivity index (χ4v) is 2.67. The Morgan fingerprint density at radius 1 is 1.25 bits per heavy atom. The van der Waals surface area contributed by atoms with E-state index in [0.717, 1.165) is 31.6 Å². The van der Waals surface area contributed by atoms with E-state index in [2.05, 4.69) is 5.32 Å². The molecule has 7 heteroatoms. The van der Waals surface area contributed by atoms with E-state index in [4.69, 9.17) is 4.55 Å². The number of rotatable bonds is 6. The Labute approximate surface area is 118 Å². The van der Waals surface area contributed by atoms with Crippen molar-refractivity contribution in [2.45, 2.75) is 24.2 Å². The molecule has 110 valence electrons. The highest BCUT2D eigenvalue weighted by Crippen LogP contribution is 2.14. The molecule has 20 heavy (non-hydrogen) atoms. The fourth-order valence-electron chi connectivity index (χ4n) is 2.19. The molecular formula is C13H18N2O4S. The first-order valence-electron chi connectivity index (χ1n) is 6.56. The lowest BCUT2D eigenvalue weighted by Gasteiger charge is -2.15. The Morgan fingerprint density at radius 3 is 2.50 bits per heavy atom. The normalized spacial score (nSPS) is 15.7. The number of amides is 1. The molecule has 0 aliphatic carbocycles. The average molecular weight is 298 g/mol. The molecule has 6 nitrogen and oxygen atoms in total. The van der Waals surface area contributed by atoms with E-state index in [1.807, 2.05) is 4.90 Å². The first-order valence-corrected chi connectivity index (χ1v) is 8.00. The SMILES string of the molecule is O=C1CCCN1CCCNc1ccc(S(=O)(=O)O)cc1. The summed E-state index contributed by atoms with van der Waals surface area (Å²) in [6.07, 6.45) is 2.44. The van der Waals surface area contributed by atoms with Crippen LogP contribution >= 0.6 is 0 Å². The zero-order valence-electron chi connectivity index (χ0n) is 11.1. The summed E-state index contributed by atoms with van der Waals surface area (Å²) < 4.78 is 30.6. The van der Waals surface area contributed by atoms with Gasteiger partial charge in [-0.15, -0.1) is 0 Å². The minimum absolute atomic E-state index is 0.120. The molecule has 1 aromatic carbocycles. The van der Waals surface area contributed by atoms with Crippen LogP contribution in [0.25, 0.3) is 0 Å². The van der Waals surface area contributed by atoms with Crippen LogP contribution < -0.4 is 5.32 Å². The second-order valence-electron chi connectivity index (χ2n) is 4.76. The Bertz CT molecular complexity index is 569. The highest BCUT2D eigenvalue weighted by Gasteiger charge is 2.18. The molecule has 1 saturated heterocycles. The third-order valence-electron chi connectivity index (χ3n) is 3.26. The first-order chi connectivity index (χ1) is 9.47. The maximum atomic E-state index is 11.4. The van der Waals surface area contributed by atoms with E-state index in [1.165, 1.54) is 12.1 Å². The molecule has 1 aliphatic rings. The fraction of sp³-hybridized carbons (Fsp3) is 0.462. The lowest BCUT2D eigenvalue weighted by molar-refractivity contribution is -0.127. The molecule has 1 heterocycles. The summed E-state index contributed by atoms with van der Waals surface area (Å²) in [5.41, 5.74) is 0.783. The van der Waals surface area contributed by atoms with E-state index < -0.39 is 10.1 Å². The molecule has 1 fully saturated rings. The molecule has 0 saturated carbocycles. The molecule has 0 radical (unpaired) electrons. The van der Waals surface area contributed by atoms with Crippen LogP contribution in [0, 0.1) is 0 Å². The van der Waals surface area contributed by atoms with Gasteiger partial charge in [0.1, 0.15) is 0 Å². The Balaban J connectivity index is 1.75. The summed E-state index contributed by atoms with van der Waals surface area (Å²) in [7, 11) is -4.13. The van der Waals surface area contributed by atoms with Crippen LogP contribution in [0.5, 0.6) is 0 Å². The van der Waals surface area contributed by atoms with E-state index in [-0.39, 0.29) is 10.8 Å². The van der Waals surface area contributed by atoms with E-state index in [1.54, 1.807) is 12.1 Å². The van der Waals surface area contributed by atoms with Gasteiger partial charge in [-0.25, -0.2) is 0 Å². The number of benzene rings is 1. The predicted molar refractivity (Wildman–Crippen MR) is 75.2 cm³/mol. The molecule has 2 N–H and O–H groups in total. The van der Waals surface area contributed by atoms with Crippen molar-refractivity contribution in [3.05, 3.63) is 24.3 Å². The summed E-state index contributed by atoms with van der Waals surface area (Å²) in [5.74, 6) is 0.225. The summed E-state index contributed by atoms with van der Waals surface area (Å²) >= 11 is 0. The van der Waals surface area contributed by atoms with E-state index in [0.29, 0.717) is 13.0 Å². The van der Waals surface area contributed by atoms with Gasteiger partial charge in [0.05, 0.1) is 4.90 Å². The highest BCUT2D eigenvalue weighted by atomic mass is 32.2. The van der Waals surface area contributed by atoms with Gasteiger partial charge in [-0.05, 0) is 37.1 Å². The van der Waals surface area contributed by atoms with Gasteiger partial charge in [0.25, 0.3) is 10.1 Å². The quantitative estimate of drug-likeness (QED) is 0.611. The number of nitrogens with zero attached hydrogens (tertiary/aromatic N) is 1. The molecule has 1 aromatic rings. The topological polar surface area (TPSA) is 86.7 Å². The van der Waals surface area contributed by atoms with Gasteiger partial charge in [0.15, 0.2) is 0 Å². The van der Waals surface area contributed by atoms with Gasteiger partial charge in [0.2, 0.25) is 5.91 Å². The summed E-state index contributed by atoms with van der Waals surface area (Å²) in [6.45, 7) is 2.30. The zero-order valence-corrected chi connectivity index (χ0v) is 11.9. The van der Waals surface area contributed by atoms with Crippen LogP contribution in [0.3, 0.4) is 0 Å². The average Bonchev–Trinajstić information content (AvgIpc) is 2.80. The van der Waals surface area contributed by atoms with Crippen molar-refractivity contribution < 1.29 is 17.8 Å². The molecule has 0 unspecified atom stereocenters. The largest absolute Gasteiger partial charge is 0.385 e. The number of anilines is 1. The lowest BCUT2D eigenvalue weighted by atomic mass is 10.3. The van der Waals surface area contributed by atoms with Gasteiger partial charge in [-0.3, -0.25) is 9.35 Å². The van der Waals surface area contributed by atoms with Gasteiger partial charge >= 0.3 is 0 Å². The minimum atomic E-state index is -4.13. The number of nitrogens with one attached hydrogen (secondary N) is 1. The Hall–Kier alpha value is -1.60. The molecule has 1 aliphatic heterocycles. The lowest BCUT2D eigenvalue weighted by Crippen LogP contribution is -2.26. The molecule has 0 atom stereocenters. The smallest absolute Gasteiger partial charge is 0.294 e. The van der Waals surface area contributed by atoms with Gasteiger partial charge < -0.3 is 10.2 Å². The van der Waals surface area contributed by atoms with Gasteiger partial charge in [-0.2, -0.15) is 8.42 Å². The minimum Gasteiger partial charge on any atom is -0.385 e. The standard InChI is InChI=1S/C13H18N2O4S/c16-13-3-1-9-15(13)10-2-8-14-11-4-6-12(7-5-11)20(17,18)19/h4-7,14H,1-3,8-10H2,(H,17,18,19). The molecule has 0 aromatic heterocycles. The van der Waals surface area contributed by atoms with Crippen molar-refractivity contribution in [2.24, 2.45) is 0 Å². The second kappa shape index (κ2) is 6.23. The van der Waals surface area contributed by atoms with Crippen LogP contribution in [0.1, 0.15) is 19.3 Å². The summed E-state index contributed by atoms with van der Waals surface area (Å²) in [6, 6.07) is 5.90. The molecule has 0 spiro atoms. The van der Waals surface area contributed by atoms with Crippen LogP contribution in [-0.4, -0.2) is 43.4 Å². The molecule has 1 amide bonds. The number of hydrogen-bond donors (Lipinski definition) is 2. The number of likely N-dealkylation sites (tertiary alicyclic amines) is 1. The van der Waals surface area contributed by atoms with Gasteiger partial charge in [-0.1, -0.05) is 0 Å². The van der Waals surface area contributed by atoms with Crippen LogP contribution in [0.4, 0.5) is 5.69 Å². The van der Waals surface area contributed by atoms with Crippen molar-refractivity contribution in [1.82, 2.24) is 4.90 Å².